The molecule has 0 aromatic heterocycles. The molecule has 3 aromatic rings. The monoisotopic (exact) mass is 402 g/mol. The van der Waals surface area contributed by atoms with E-state index in [-0.39, 0.29) is 11.7 Å². The molecule has 2 fully saturated rings. The van der Waals surface area contributed by atoms with Gasteiger partial charge in [-0.3, -0.25) is 4.79 Å². The number of para-hydroxylation sites is 1. The van der Waals surface area contributed by atoms with Crippen LogP contribution in [0.1, 0.15) is 30.7 Å². The molecule has 0 spiro atoms. The number of hydrogen-bond donors (Lipinski definition) is 1. The molecular formula is C26H23FO3. The van der Waals surface area contributed by atoms with Gasteiger partial charge in [-0.2, -0.15) is 0 Å². The van der Waals surface area contributed by atoms with Crippen LogP contribution in [0.3, 0.4) is 0 Å². The molecule has 3 nitrogen and oxygen atoms in total. The lowest BCUT2D eigenvalue weighted by molar-refractivity contribution is -0.139. The van der Waals surface area contributed by atoms with Gasteiger partial charge in [-0.05, 0) is 78.5 Å². The number of carbonyl (C=O) groups is 1. The Morgan fingerprint density at radius 2 is 1.63 bits per heavy atom. The third kappa shape index (κ3) is 3.70. The minimum Gasteiger partial charge on any atom is -0.481 e. The predicted molar refractivity (Wildman–Crippen MR) is 113 cm³/mol. The fourth-order valence-electron chi connectivity index (χ4n) is 4.65. The van der Waals surface area contributed by atoms with E-state index < -0.39 is 5.97 Å². The first-order valence-electron chi connectivity index (χ1n) is 10.4. The summed E-state index contributed by atoms with van der Waals surface area (Å²) < 4.78 is 20.3. The van der Waals surface area contributed by atoms with E-state index >= 15 is 0 Å². The summed E-state index contributed by atoms with van der Waals surface area (Å²) in [7, 11) is 0. The standard InChI is InChI=1S/C26H23FO3/c27-25-11-10-21(30-20-4-2-1-3-5-20)14-23(25)17-8-6-16(7-9-17)18-12-19(13-18)22-15-24(22)26(28)29/h1-11,14,18-19,22,24H,12-13,15H2,(H,28,29)/t18-,19+,22?,24-/m0/s1. The summed E-state index contributed by atoms with van der Waals surface area (Å²) in [5.74, 6) is 1.67. The molecule has 5 rings (SSSR count). The first-order valence-corrected chi connectivity index (χ1v) is 10.4. The van der Waals surface area contributed by atoms with Gasteiger partial charge in [-0.1, -0.05) is 42.5 Å². The Bertz CT molecular complexity index is 1060. The van der Waals surface area contributed by atoms with Crippen LogP contribution in [-0.2, 0) is 4.79 Å². The van der Waals surface area contributed by atoms with Gasteiger partial charge >= 0.3 is 5.97 Å². The van der Waals surface area contributed by atoms with Crippen molar-refractivity contribution in [1.29, 1.82) is 0 Å². The van der Waals surface area contributed by atoms with Crippen LogP contribution in [0.15, 0.2) is 72.8 Å². The van der Waals surface area contributed by atoms with Crippen molar-refractivity contribution in [2.75, 3.05) is 0 Å². The van der Waals surface area contributed by atoms with Gasteiger partial charge in [-0.25, -0.2) is 4.39 Å². The van der Waals surface area contributed by atoms with Crippen molar-refractivity contribution in [2.24, 2.45) is 17.8 Å². The minimum absolute atomic E-state index is 0.119. The first kappa shape index (κ1) is 18.9. The van der Waals surface area contributed by atoms with Crippen molar-refractivity contribution in [1.82, 2.24) is 0 Å². The van der Waals surface area contributed by atoms with E-state index in [9.17, 15) is 9.18 Å². The van der Waals surface area contributed by atoms with Gasteiger partial charge in [0.1, 0.15) is 17.3 Å². The summed E-state index contributed by atoms with van der Waals surface area (Å²) in [6.07, 6.45) is 2.96. The van der Waals surface area contributed by atoms with Gasteiger partial charge in [0.25, 0.3) is 0 Å². The lowest BCUT2D eigenvalue weighted by Crippen LogP contribution is -2.24. The topological polar surface area (TPSA) is 46.5 Å². The van der Waals surface area contributed by atoms with Crippen LogP contribution in [-0.4, -0.2) is 11.1 Å². The molecule has 2 saturated carbocycles. The fraction of sp³-hybridized carbons (Fsp3) is 0.269. The summed E-state index contributed by atoms with van der Waals surface area (Å²) >= 11 is 0. The lowest BCUT2D eigenvalue weighted by Gasteiger charge is -2.36. The molecule has 0 amide bonds. The number of benzene rings is 3. The van der Waals surface area contributed by atoms with Gasteiger partial charge in [0.2, 0.25) is 0 Å². The third-order valence-corrected chi connectivity index (χ3v) is 6.55. The highest BCUT2D eigenvalue weighted by Gasteiger charge is 2.51. The average Bonchev–Trinajstić information content (AvgIpc) is 3.51. The third-order valence-electron chi connectivity index (χ3n) is 6.55. The normalized spacial score (nSPS) is 24.7. The molecule has 3 aromatic carbocycles. The molecule has 1 N–H and O–H groups in total. The Labute approximate surface area is 175 Å². The molecule has 2 atom stereocenters. The average molecular weight is 402 g/mol. The zero-order chi connectivity index (χ0) is 20.7. The fourth-order valence-corrected chi connectivity index (χ4v) is 4.65. The quantitative estimate of drug-likeness (QED) is 0.512. The Morgan fingerprint density at radius 1 is 0.900 bits per heavy atom. The second kappa shape index (κ2) is 7.60. The molecule has 0 aliphatic heterocycles. The van der Waals surface area contributed by atoms with Gasteiger partial charge in [0, 0.05) is 5.56 Å². The first-order chi connectivity index (χ1) is 14.6. The number of carboxylic acids is 1. The number of halogens is 1. The summed E-state index contributed by atoms with van der Waals surface area (Å²) in [6.45, 7) is 0. The highest BCUT2D eigenvalue weighted by molar-refractivity contribution is 5.73. The zero-order valence-corrected chi connectivity index (χ0v) is 16.5. The maximum atomic E-state index is 14.5. The Kier molecular flexibility index (Phi) is 4.78. The van der Waals surface area contributed by atoms with Crippen molar-refractivity contribution in [2.45, 2.75) is 25.2 Å². The van der Waals surface area contributed by atoms with E-state index in [0.717, 1.165) is 24.8 Å². The van der Waals surface area contributed by atoms with E-state index in [1.165, 1.54) is 11.6 Å². The predicted octanol–water partition coefficient (Wildman–Crippen LogP) is 6.50. The van der Waals surface area contributed by atoms with Gasteiger partial charge in [0.05, 0.1) is 5.92 Å². The van der Waals surface area contributed by atoms with E-state index in [4.69, 9.17) is 9.84 Å². The van der Waals surface area contributed by atoms with E-state index in [0.29, 0.717) is 34.8 Å². The summed E-state index contributed by atoms with van der Waals surface area (Å²) in [6, 6.07) is 22.3. The molecule has 0 bridgehead atoms. The van der Waals surface area contributed by atoms with Crippen LogP contribution >= 0.6 is 0 Å². The second-order valence-corrected chi connectivity index (χ2v) is 8.45. The smallest absolute Gasteiger partial charge is 0.306 e. The highest BCUT2D eigenvalue weighted by Crippen LogP contribution is 2.56. The lowest BCUT2D eigenvalue weighted by atomic mass is 9.69. The van der Waals surface area contributed by atoms with Crippen molar-refractivity contribution < 1.29 is 19.0 Å². The van der Waals surface area contributed by atoms with Crippen LogP contribution in [0.2, 0.25) is 0 Å². The zero-order valence-electron chi connectivity index (χ0n) is 16.5. The molecule has 1 unspecified atom stereocenters. The molecular weight excluding hydrogens is 379 g/mol. The Balaban J connectivity index is 1.27. The van der Waals surface area contributed by atoms with Crippen LogP contribution in [0.25, 0.3) is 11.1 Å². The Morgan fingerprint density at radius 3 is 2.30 bits per heavy atom. The molecule has 0 radical (unpaired) electrons. The maximum absolute atomic E-state index is 14.5. The number of aliphatic carboxylic acids is 1. The SMILES string of the molecule is O=C(O)[C@H]1CC1[C@H]1C[C@@H](c2ccc(-c3cc(Oc4ccccc4)ccc3F)cc2)C1. The van der Waals surface area contributed by atoms with Gasteiger partial charge in [-0.15, -0.1) is 0 Å². The Hall–Kier alpha value is -3.14. The maximum Gasteiger partial charge on any atom is 0.306 e. The van der Waals surface area contributed by atoms with Crippen molar-refractivity contribution >= 4 is 5.97 Å². The van der Waals surface area contributed by atoms with Crippen molar-refractivity contribution in [3.05, 3.63) is 84.2 Å². The molecule has 30 heavy (non-hydrogen) atoms. The summed E-state index contributed by atoms with van der Waals surface area (Å²) in [4.78, 5) is 11.1. The van der Waals surface area contributed by atoms with E-state index in [1.807, 2.05) is 42.5 Å². The molecule has 0 saturated heterocycles. The van der Waals surface area contributed by atoms with Gasteiger partial charge in [0.15, 0.2) is 0 Å². The van der Waals surface area contributed by atoms with Crippen LogP contribution in [0.5, 0.6) is 11.5 Å². The molecule has 2 aliphatic rings. The summed E-state index contributed by atoms with van der Waals surface area (Å²) in [5, 5.41) is 9.10. The second-order valence-electron chi connectivity index (χ2n) is 8.45. The number of ether oxygens (including phenoxy) is 1. The minimum atomic E-state index is -0.645. The van der Waals surface area contributed by atoms with Crippen LogP contribution < -0.4 is 4.74 Å². The van der Waals surface area contributed by atoms with E-state index in [1.54, 1.807) is 12.1 Å². The number of hydrogen-bond acceptors (Lipinski definition) is 2. The molecule has 152 valence electrons. The van der Waals surface area contributed by atoms with E-state index in [2.05, 4.69) is 12.1 Å². The number of rotatable bonds is 6. The summed E-state index contributed by atoms with van der Waals surface area (Å²) in [5.41, 5.74) is 2.59. The molecule has 4 heteroatoms. The van der Waals surface area contributed by atoms with Gasteiger partial charge < -0.3 is 9.84 Å². The van der Waals surface area contributed by atoms with Crippen molar-refractivity contribution in [3.8, 4) is 22.6 Å². The molecule has 2 aliphatic carbocycles. The largest absolute Gasteiger partial charge is 0.481 e. The van der Waals surface area contributed by atoms with Crippen molar-refractivity contribution in [3.63, 3.8) is 0 Å². The number of carboxylic acid groups (broad SMARTS) is 1. The highest BCUT2D eigenvalue weighted by atomic mass is 19.1. The van der Waals surface area contributed by atoms with Crippen LogP contribution in [0, 0.1) is 23.6 Å². The molecule has 0 heterocycles. The van der Waals surface area contributed by atoms with Crippen LogP contribution in [0.4, 0.5) is 4.39 Å².